The average Bonchev–Trinajstić information content (AvgIpc) is 3.22. The van der Waals surface area contributed by atoms with Gasteiger partial charge in [-0.25, -0.2) is 4.39 Å². The zero-order valence-electron chi connectivity index (χ0n) is 11.3. The molecular formula is C14H20FN3O. The Hall–Kier alpha value is -1.62. The number of likely N-dealkylation sites (N-methyl/N-ethyl adjacent to an activating group) is 1. The van der Waals surface area contributed by atoms with E-state index in [1.165, 1.54) is 31.0 Å². The number of nitrogens with zero attached hydrogens (tertiary/aromatic N) is 1. The smallest absolute Gasteiger partial charge is 0.253 e. The van der Waals surface area contributed by atoms with Gasteiger partial charge >= 0.3 is 0 Å². The number of carbonyl (C=O) groups excluding carboxylic acids is 1. The van der Waals surface area contributed by atoms with E-state index in [0.717, 1.165) is 0 Å². The van der Waals surface area contributed by atoms with Gasteiger partial charge in [0.2, 0.25) is 0 Å². The van der Waals surface area contributed by atoms with Gasteiger partial charge in [-0.3, -0.25) is 9.69 Å². The van der Waals surface area contributed by atoms with Gasteiger partial charge in [-0.2, -0.15) is 0 Å². The van der Waals surface area contributed by atoms with E-state index < -0.39 is 5.82 Å². The fourth-order valence-electron chi connectivity index (χ4n) is 2.06. The van der Waals surface area contributed by atoms with Crippen molar-refractivity contribution in [3.05, 3.63) is 29.6 Å². The van der Waals surface area contributed by atoms with Gasteiger partial charge in [-0.1, -0.05) is 6.07 Å². The maximum Gasteiger partial charge on any atom is 0.253 e. The average molecular weight is 265 g/mol. The number of nitrogens with one attached hydrogen (secondary N) is 1. The predicted molar refractivity (Wildman–Crippen MR) is 73.4 cm³/mol. The highest BCUT2D eigenvalue weighted by Gasteiger charge is 2.29. The molecule has 1 unspecified atom stereocenters. The molecule has 0 saturated heterocycles. The monoisotopic (exact) mass is 265 g/mol. The van der Waals surface area contributed by atoms with Gasteiger partial charge in [-0.05, 0) is 38.9 Å². The molecule has 0 spiro atoms. The van der Waals surface area contributed by atoms with Gasteiger partial charge in [0.15, 0.2) is 0 Å². The van der Waals surface area contributed by atoms with E-state index >= 15 is 0 Å². The summed E-state index contributed by atoms with van der Waals surface area (Å²) >= 11 is 0. The fraction of sp³-hybridized carbons (Fsp3) is 0.500. The van der Waals surface area contributed by atoms with Crippen LogP contribution >= 0.6 is 0 Å². The summed E-state index contributed by atoms with van der Waals surface area (Å²) in [7, 11) is 2.06. The number of rotatable bonds is 5. The fourth-order valence-corrected chi connectivity index (χ4v) is 2.06. The maximum atomic E-state index is 13.3. The Balaban J connectivity index is 1.92. The van der Waals surface area contributed by atoms with Crippen molar-refractivity contribution in [1.29, 1.82) is 0 Å². The Bertz CT molecular complexity index is 474. The highest BCUT2D eigenvalue weighted by molar-refractivity contribution is 5.99. The molecule has 1 saturated carbocycles. The molecule has 3 N–H and O–H groups in total. The number of benzene rings is 1. The number of hydrogen-bond acceptors (Lipinski definition) is 3. The minimum absolute atomic E-state index is 0.0943. The second kappa shape index (κ2) is 5.57. The minimum atomic E-state index is -0.559. The van der Waals surface area contributed by atoms with Crippen LogP contribution in [0.5, 0.6) is 0 Å². The van der Waals surface area contributed by atoms with Gasteiger partial charge in [0.05, 0.1) is 11.3 Å². The zero-order chi connectivity index (χ0) is 14.0. The van der Waals surface area contributed by atoms with Crippen molar-refractivity contribution in [3.8, 4) is 0 Å². The number of nitrogen functional groups attached to an aromatic ring is 1. The molecule has 2 rings (SSSR count). The van der Waals surface area contributed by atoms with Gasteiger partial charge in [-0.15, -0.1) is 0 Å². The van der Waals surface area contributed by atoms with Crippen molar-refractivity contribution in [1.82, 2.24) is 10.2 Å². The van der Waals surface area contributed by atoms with Crippen LogP contribution in [0.2, 0.25) is 0 Å². The molecular weight excluding hydrogens is 245 g/mol. The van der Waals surface area contributed by atoms with Gasteiger partial charge in [0.1, 0.15) is 5.82 Å². The predicted octanol–water partition coefficient (Wildman–Crippen LogP) is 1.62. The van der Waals surface area contributed by atoms with Crippen molar-refractivity contribution in [2.24, 2.45) is 0 Å². The van der Waals surface area contributed by atoms with Crippen LogP contribution in [0.4, 0.5) is 10.1 Å². The third-order valence-electron chi connectivity index (χ3n) is 3.67. The first-order chi connectivity index (χ1) is 9.00. The summed E-state index contributed by atoms with van der Waals surface area (Å²) in [6.07, 6.45) is 2.46. The van der Waals surface area contributed by atoms with E-state index in [2.05, 4.69) is 24.2 Å². The molecule has 1 amide bonds. The minimum Gasteiger partial charge on any atom is -0.396 e. The van der Waals surface area contributed by atoms with E-state index in [1.807, 2.05) is 0 Å². The van der Waals surface area contributed by atoms with Crippen molar-refractivity contribution < 1.29 is 9.18 Å². The lowest BCUT2D eigenvalue weighted by Crippen LogP contribution is -2.41. The number of anilines is 1. The molecule has 1 fully saturated rings. The highest BCUT2D eigenvalue weighted by Crippen LogP contribution is 2.26. The summed E-state index contributed by atoms with van der Waals surface area (Å²) in [5.74, 6) is -0.885. The van der Waals surface area contributed by atoms with Gasteiger partial charge in [0, 0.05) is 18.6 Å². The molecule has 0 aliphatic heterocycles. The van der Waals surface area contributed by atoms with E-state index in [0.29, 0.717) is 12.6 Å². The number of hydrogen-bond donors (Lipinski definition) is 2. The molecule has 0 radical (unpaired) electrons. The largest absolute Gasteiger partial charge is 0.396 e. The number of nitrogens with two attached hydrogens (primary N) is 1. The molecule has 104 valence electrons. The normalized spacial score (nSPS) is 16.4. The summed E-state index contributed by atoms with van der Waals surface area (Å²) in [5.41, 5.74) is 5.66. The number of para-hydroxylation sites is 1. The van der Waals surface area contributed by atoms with Crippen LogP contribution in [0.25, 0.3) is 0 Å². The number of amides is 1. The highest BCUT2D eigenvalue weighted by atomic mass is 19.1. The molecule has 5 heteroatoms. The molecule has 19 heavy (non-hydrogen) atoms. The lowest BCUT2D eigenvalue weighted by atomic mass is 10.1. The lowest BCUT2D eigenvalue weighted by Gasteiger charge is -2.24. The number of halogens is 1. The van der Waals surface area contributed by atoms with Crippen molar-refractivity contribution in [2.75, 3.05) is 19.3 Å². The molecule has 1 aliphatic rings. The molecule has 0 heterocycles. The summed E-state index contributed by atoms with van der Waals surface area (Å²) in [4.78, 5) is 14.2. The zero-order valence-corrected chi connectivity index (χ0v) is 11.3. The van der Waals surface area contributed by atoms with Crippen LogP contribution < -0.4 is 11.1 Å². The molecule has 4 nitrogen and oxygen atoms in total. The second-order valence-corrected chi connectivity index (χ2v) is 5.16. The van der Waals surface area contributed by atoms with E-state index in [4.69, 9.17) is 5.73 Å². The van der Waals surface area contributed by atoms with Gasteiger partial charge in [0.25, 0.3) is 5.91 Å². The van der Waals surface area contributed by atoms with Crippen molar-refractivity contribution in [2.45, 2.75) is 31.8 Å². The van der Waals surface area contributed by atoms with Crippen LogP contribution in [0.3, 0.4) is 0 Å². The first-order valence-electron chi connectivity index (χ1n) is 6.55. The summed E-state index contributed by atoms with van der Waals surface area (Å²) in [6.45, 7) is 2.59. The summed E-state index contributed by atoms with van der Waals surface area (Å²) in [6, 6.07) is 5.16. The Kier molecular flexibility index (Phi) is 4.04. The Morgan fingerprint density at radius 3 is 2.89 bits per heavy atom. The van der Waals surface area contributed by atoms with Crippen LogP contribution in [0.15, 0.2) is 18.2 Å². The van der Waals surface area contributed by atoms with Crippen LogP contribution in [0, 0.1) is 5.82 Å². The molecule has 0 bridgehead atoms. The quantitative estimate of drug-likeness (QED) is 0.795. The topological polar surface area (TPSA) is 58.4 Å². The van der Waals surface area contributed by atoms with Crippen molar-refractivity contribution >= 4 is 11.6 Å². The van der Waals surface area contributed by atoms with E-state index in [9.17, 15) is 9.18 Å². The number of carbonyl (C=O) groups is 1. The Labute approximate surface area is 112 Å². The standard InChI is InChI=1S/C14H20FN3O/c1-9(18(2)10-6-7-10)8-17-14(19)11-4-3-5-12(15)13(11)16/h3-5,9-10H,6-8,16H2,1-2H3,(H,17,19). The second-order valence-electron chi connectivity index (χ2n) is 5.16. The van der Waals surface area contributed by atoms with Crippen LogP contribution in [0.1, 0.15) is 30.1 Å². The molecule has 1 aliphatic carbocycles. The third-order valence-corrected chi connectivity index (χ3v) is 3.67. The Morgan fingerprint density at radius 2 is 2.26 bits per heavy atom. The van der Waals surface area contributed by atoms with E-state index in [-0.39, 0.29) is 23.2 Å². The van der Waals surface area contributed by atoms with Crippen LogP contribution in [-0.2, 0) is 0 Å². The summed E-state index contributed by atoms with van der Waals surface area (Å²) in [5, 5.41) is 2.80. The van der Waals surface area contributed by atoms with E-state index in [1.54, 1.807) is 0 Å². The Morgan fingerprint density at radius 1 is 1.58 bits per heavy atom. The summed E-state index contributed by atoms with van der Waals surface area (Å²) < 4.78 is 13.3. The molecule has 0 aromatic heterocycles. The first kappa shape index (κ1) is 13.8. The maximum absolute atomic E-state index is 13.3. The molecule has 1 atom stereocenters. The third kappa shape index (κ3) is 3.23. The van der Waals surface area contributed by atoms with Gasteiger partial charge < -0.3 is 11.1 Å². The molecule has 1 aromatic carbocycles. The lowest BCUT2D eigenvalue weighted by molar-refractivity contribution is 0.0940. The van der Waals surface area contributed by atoms with Crippen LogP contribution in [-0.4, -0.2) is 36.5 Å². The first-order valence-corrected chi connectivity index (χ1v) is 6.55. The van der Waals surface area contributed by atoms with Crippen molar-refractivity contribution in [3.63, 3.8) is 0 Å². The molecule has 1 aromatic rings. The SMILES string of the molecule is CC(CNC(=O)c1cccc(F)c1N)N(C)C1CC1.